The van der Waals surface area contributed by atoms with E-state index in [1.165, 1.54) is 27.5 Å². The molecule has 19 heavy (non-hydrogen) atoms. The summed E-state index contributed by atoms with van der Waals surface area (Å²) >= 11 is 16.7. The van der Waals surface area contributed by atoms with Gasteiger partial charge in [0.05, 0.1) is 5.38 Å². The van der Waals surface area contributed by atoms with Crippen molar-refractivity contribution in [3.8, 4) is 0 Å². The third-order valence-corrected chi connectivity index (χ3v) is 6.56. The standard InChI is InChI=1S/C15H14Cl2S2/c16-12-4-2-1-3-10(12)7-13(17)15-8-11-9-18-6-5-14(11)19-15/h1-4,8,13H,5-7,9H2. The summed E-state index contributed by atoms with van der Waals surface area (Å²) in [6, 6.07) is 10.2. The Bertz CT molecular complexity index is 554. The first-order valence-electron chi connectivity index (χ1n) is 6.31. The normalized spacial score (nSPS) is 16.1. The van der Waals surface area contributed by atoms with Crippen LogP contribution in [0.5, 0.6) is 0 Å². The largest absolute Gasteiger partial charge is 0.157 e. The molecule has 3 rings (SSSR count). The fraction of sp³-hybridized carbons (Fsp3) is 0.333. The summed E-state index contributed by atoms with van der Waals surface area (Å²) in [6.45, 7) is 0. The van der Waals surface area contributed by atoms with Crippen molar-refractivity contribution in [1.82, 2.24) is 0 Å². The smallest absolute Gasteiger partial charge is 0.0719 e. The lowest BCUT2D eigenvalue weighted by atomic mass is 10.1. The third-order valence-electron chi connectivity index (χ3n) is 3.31. The average Bonchev–Trinajstić information content (AvgIpc) is 2.85. The minimum absolute atomic E-state index is 0.0282. The van der Waals surface area contributed by atoms with Crippen LogP contribution >= 0.6 is 46.3 Å². The predicted molar refractivity (Wildman–Crippen MR) is 87.9 cm³/mol. The first-order chi connectivity index (χ1) is 9.24. The molecule has 4 heteroatoms. The Morgan fingerprint density at radius 2 is 2.11 bits per heavy atom. The van der Waals surface area contributed by atoms with Gasteiger partial charge >= 0.3 is 0 Å². The van der Waals surface area contributed by atoms with Gasteiger partial charge in [-0.05, 0) is 41.9 Å². The summed E-state index contributed by atoms with van der Waals surface area (Å²) in [6.07, 6.45) is 1.99. The van der Waals surface area contributed by atoms with Crippen LogP contribution < -0.4 is 0 Å². The van der Waals surface area contributed by atoms with Gasteiger partial charge < -0.3 is 0 Å². The van der Waals surface area contributed by atoms with Crippen LogP contribution in [0, 0.1) is 0 Å². The van der Waals surface area contributed by atoms with Gasteiger partial charge in [-0.25, -0.2) is 0 Å². The molecular weight excluding hydrogens is 315 g/mol. The molecule has 1 aromatic carbocycles. The SMILES string of the molecule is Clc1ccccc1CC(Cl)c1cc2c(s1)CCSC2. The molecule has 1 aromatic heterocycles. The van der Waals surface area contributed by atoms with Gasteiger partial charge in [-0.1, -0.05) is 29.8 Å². The summed E-state index contributed by atoms with van der Waals surface area (Å²) in [4.78, 5) is 2.81. The van der Waals surface area contributed by atoms with Crippen molar-refractivity contribution in [1.29, 1.82) is 0 Å². The minimum Gasteiger partial charge on any atom is -0.157 e. The molecule has 2 aromatic rings. The molecule has 0 N–H and O–H groups in total. The van der Waals surface area contributed by atoms with E-state index in [2.05, 4.69) is 12.1 Å². The molecule has 1 aliphatic rings. The molecule has 0 fully saturated rings. The maximum absolute atomic E-state index is 6.58. The quantitative estimate of drug-likeness (QED) is 0.650. The Balaban J connectivity index is 1.79. The number of hydrogen-bond donors (Lipinski definition) is 0. The lowest BCUT2D eigenvalue weighted by Gasteiger charge is -2.08. The van der Waals surface area contributed by atoms with Crippen molar-refractivity contribution >= 4 is 46.3 Å². The molecule has 0 radical (unpaired) electrons. The summed E-state index contributed by atoms with van der Waals surface area (Å²) < 4.78 is 0. The molecule has 0 aliphatic carbocycles. The number of alkyl halides is 1. The second-order valence-electron chi connectivity index (χ2n) is 4.66. The van der Waals surface area contributed by atoms with E-state index >= 15 is 0 Å². The second-order valence-corrected chi connectivity index (χ2v) is 7.87. The predicted octanol–water partition coefficient (Wildman–Crippen LogP) is 5.71. The molecule has 0 nitrogen and oxygen atoms in total. The van der Waals surface area contributed by atoms with E-state index in [-0.39, 0.29) is 5.38 Å². The Morgan fingerprint density at radius 1 is 1.26 bits per heavy atom. The molecular formula is C15H14Cl2S2. The van der Waals surface area contributed by atoms with E-state index in [4.69, 9.17) is 23.2 Å². The highest BCUT2D eigenvalue weighted by molar-refractivity contribution is 7.98. The second kappa shape index (κ2) is 6.09. The lowest BCUT2D eigenvalue weighted by molar-refractivity contribution is 0.939. The Labute approximate surface area is 132 Å². The van der Waals surface area contributed by atoms with Crippen molar-refractivity contribution in [2.24, 2.45) is 0 Å². The first-order valence-corrected chi connectivity index (χ1v) is 9.09. The van der Waals surface area contributed by atoms with Gasteiger partial charge in [-0.2, -0.15) is 11.8 Å². The molecule has 0 bridgehead atoms. The van der Waals surface area contributed by atoms with Crippen LogP contribution in [0.15, 0.2) is 30.3 Å². The number of thiophene rings is 1. The number of benzene rings is 1. The van der Waals surface area contributed by atoms with E-state index in [0.29, 0.717) is 0 Å². The zero-order valence-electron chi connectivity index (χ0n) is 10.4. The molecule has 0 spiro atoms. The molecule has 1 aliphatic heterocycles. The summed E-state index contributed by atoms with van der Waals surface area (Å²) in [5.74, 6) is 2.38. The highest BCUT2D eigenvalue weighted by atomic mass is 35.5. The molecule has 0 saturated heterocycles. The molecule has 1 atom stereocenters. The van der Waals surface area contributed by atoms with Crippen molar-refractivity contribution in [2.45, 2.75) is 24.0 Å². The van der Waals surface area contributed by atoms with E-state index in [1.807, 2.05) is 41.3 Å². The number of aryl methyl sites for hydroxylation is 1. The Kier molecular flexibility index (Phi) is 4.43. The molecule has 1 unspecified atom stereocenters. The lowest BCUT2D eigenvalue weighted by Crippen LogP contribution is -1.96. The van der Waals surface area contributed by atoms with E-state index in [0.717, 1.165) is 22.8 Å². The van der Waals surface area contributed by atoms with Crippen LogP contribution in [0.25, 0.3) is 0 Å². The van der Waals surface area contributed by atoms with Crippen molar-refractivity contribution in [3.05, 3.63) is 56.2 Å². The van der Waals surface area contributed by atoms with Gasteiger partial charge in [-0.3, -0.25) is 0 Å². The minimum atomic E-state index is 0.0282. The van der Waals surface area contributed by atoms with Gasteiger partial charge in [0.25, 0.3) is 0 Å². The number of thioether (sulfide) groups is 1. The number of hydrogen-bond acceptors (Lipinski definition) is 2. The number of rotatable bonds is 3. The highest BCUT2D eigenvalue weighted by Crippen LogP contribution is 2.38. The highest BCUT2D eigenvalue weighted by Gasteiger charge is 2.18. The van der Waals surface area contributed by atoms with Gasteiger partial charge in [-0.15, -0.1) is 22.9 Å². The third kappa shape index (κ3) is 3.13. The molecule has 0 amide bonds. The molecule has 0 saturated carbocycles. The van der Waals surface area contributed by atoms with E-state index < -0.39 is 0 Å². The number of fused-ring (bicyclic) bond motifs is 1. The zero-order valence-corrected chi connectivity index (χ0v) is 13.5. The van der Waals surface area contributed by atoms with Crippen LogP contribution in [0.4, 0.5) is 0 Å². The maximum atomic E-state index is 6.58. The van der Waals surface area contributed by atoms with Crippen LogP contribution in [-0.2, 0) is 18.6 Å². The van der Waals surface area contributed by atoms with E-state index in [1.54, 1.807) is 0 Å². The molecule has 100 valence electrons. The van der Waals surface area contributed by atoms with Crippen LogP contribution in [0.3, 0.4) is 0 Å². The maximum Gasteiger partial charge on any atom is 0.0719 e. The van der Waals surface area contributed by atoms with Gasteiger partial charge in [0.2, 0.25) is 0 Å². The monoisotopic (exact) mass is 328 g/mol. The fourth-order valence-electron chi connectivity index (χ4n) is 2.28. The van der Waals surface area contributed by atoms with Gasteiger partial charge in [0.15, 0.2) is 0 Å². The van der Waals surface area contributed by atoms with Gasteiger partial charge in [0.1, 0.15) is 0 Å². The fourth-order valence-corrected chi connectivity index (χ4v) is 5.21. The average molecular weight is 329 g/mol. The summed E-state index contributed by atoms with van der Waals surface area (Å²) in [5.41, 5.74) is 2.62. The van der Waals surface area contributed by atoms with Crippen LogP contribution in [0.2, 0.25) is 5.02 Å². The van der Waals surface area contributed by atoms with Gasteiger partial charge in [0, 0.05) is 20.5 Å². The van der Waals surface area contributed by atoms with Crippen LogP contribution in [0.1, 0.15) is 26.3 Å². The Morgan fingerprint density at radius 3 is 2.89 bits per heavy atom. The Hall–Kier alpha value is -0.150. The number of halogens is 2. The van der Waals surface area contributed by atoms with E-state index in [9.17, 15) is 0 Å². The molecule has 2 heterocycles. The topological polar surface area (TPSA) is 0 Å². The van der Waals surface area contributed by atoms with Crippen LogP contribution in [-0.4, -0.2) is 5.75 Å². The van der Waals surface area contributed by atoms with Crippen molar-refractivity contribution in [2.75, 3.05) is 5.75 Å². The summed E-state index contributed by atoms with van der Waals surface area (Å²) in [5, 5.41) is 0.838. The summed E-state index contributed by atoms with van der Waals surface area (Å²) in [7, 11) is 0. The van der Waals surface area contributed by atoms with Crippen molar-refractivity contribution < 1.29 is 0 Å². The zero-order chi connectivity index (χ0) is 13.2. The first kappa shape index (κ1) is 13.8. The van der Waals surface area contributed by atoms with Crippen molar-refractivity contribution in [3.63, 3.8) is 0 Å².